The van der Waals surface area contributed by atoms with E-state index in [1.54, 1.807) is 0 Å². The van der Waals surface area contributed by atoms with Gasteiger partial charge in [-0.2, -0.15) is 13.2 Å². The standard InChI is InChI=1S/C5HCl2F3N2/c6-2-1-11-3(4(7)12-2)5(8,9)10/h1H. The largest absolute Gasteiger partial charge is 0.436 e. The van der Waals surface area contributed by atoms with E-state index >= 15 is 0 Å². The molecule has 0 N–H and O–H groups in total. The van der Waals surface area contributed by atoms with Gasteiger partial charge < -0.3 is 0 Å². The topological polar surface area (TPSA) is 25.8 Å². The fourth-order valence-electron chi connectivity index (χ4n) is 0.537. The molecule has 1 aromatic rings. The van der Waals surface area contributed by atoms with Crippen LogP contribution in [-0.2, 0) is 6.18 Å². The number of aromatic nitrogens is 2. The third-order valence-corrected chi connectivity index (χ3v) is 1.41. The molecule has 7 heteroatoms. The highest BCUT2D eigenvalue weighted by molar-refractivity contribution is 6.32. The summed E-state index contributed by atoms with van der Waals surface area (Å²) in [5.41, 5.74) is -1.23. The molecule has 0 bridgehead atoms. The van der Waals surface area contributed by atoms with Crippen LogP contribution in [0, 0.1) is 0 Å². The highest BCUT2D eigenvalue weighted by Gasteiger charge is 2.35. The van der Waals surface area contributed by atoms with Gasteiger partial charge in [-0.05, 0) is 0 Å². The summed E-state index contributed by atoms with van der Waals surface area (Å²) in [5.74, 6) is 0. The third-order valence-electron chi connectivity index (χ3n) is 0.969. The van der Waals surface area contributed by atoms with Gasteiger partial charge in [0.2, 0.25) is 0 Å². The molecule has 12 heavy (non-hydrogen) atoms. The van der Waals surface area contributed by atoms with Crippen LogP contribution in [0.25, 0.3) is 0 Å². The Morgan fingerprint density at radius 2 is 1.83 bits per heavy atom. The zero-order valence-corrected chi connectivity index (χ0v) is 6.87. The molecule has 0 aromatic carbocycles. The van der Waals surface area contributed by atoms with Crippen LogP contribution in [0.5, 0.6) is 0 Å². The lowest BCUT2D eigenvalue weighted by Gasteiger charge is -2.05. The predicted molar refractivity (Wildman–Crippen MR) is 37.1 cm³/mol. The van der Waals surface area contributed by atoms with Crippen LogP contribution >= 0.6 is 23.2 Å². The smallest absolute Gasteiger partial charge is 0.246 e. The van der Waals surface area contributed by atoms with Gasteiger partial charge in [0.05, 0.1) is 6.20 Å². The van der Waals surface area contributed by atoms with Gasteiger partial charge in [0.25, 0.3) is 0 Å². The minimum absolute atomic E-state index is 0.173. The van der Waals surface area contributed by atoms with E-state index in [-0.39, 0.29) is 5.15 Å². The summed E-state index contributed by atoms with van der Waals surface area (Å²) in [5, 5.41) is -0.914. The molecule has 0 radical (unpaired) electrons. The number of hydrogen-bond acceptors (Lipinski definition) is 2. The average Bonchev–Trinajstić information content (AvgIpc) is 1.83. The second kappa shape index (κ2) is 3.06. The van der Waals surface area contributed by atoms with E-state index in [0.29, 0.717) is 0 Å². The van der Waals surface area contributed by atoms with Crippen molar-refractivity contribution in [1.29, 1.82) is 0 Å². The van der Waals surface area contributed by atoms with Gasteiger partial charge >= 0.3 is 6.18 Å². The third kappa shape index (κ3) is 1.98. The van der Waals surface area contributed by atoms with Crippen molar-refractivity contribution >= 4 is 23.2 Å². The van der Waals surface area contributed by atoms with Crippen LogP contribution in [0.15, 0.2) is 6.20 Å². The van der Waals surface area contributed by atoms with E-state index in [9.17, 15) is 13.2 Å². The molecule has 0 amide bonds. The zero-order chi connectivity index (χ0) is 9.35. The number of nitrogens with zero attached hydrogens (tertiary/aromatic N) is 2. The van der Waals surface area contributed by atoms with E-state index < -0.39 is 17.0 Å². The van der Waals surface area contributed by atoms with Crippen molar-refractivity contribution in [3.63, 3.8) is 0 Å². The summed E-state index contributed by atoms with van der Waals surface area (Å²) in [6, 6.07) is 0. The van der Waals surface area contributed by atoms with E-state index in [0.717, 1.165) is 6.20 Å². The first-order valence-electron chi connectivity index (χ1n) is 2.66. The van der Waals surface area contributed by atoms with E-state index in [2.05, 4.69) is 9.97 Å². The molecule has 0 aliphatic rings. The first-order chi connectivity index (χ1) is 5.41. The molecular formula is C5HCl2F3N2. The highest BCUT2D eigenvalue weighted by atomic mass is 35.5. The van der Waals surface area contributed by atoms with Gasteiger partial charge in [-0.25, -0.2) is 9.97 Å². The van der Waals surface area contributed by atoms with Crippen molar-refractivity contribution in [2.24, 2.45) is 0 Å². The molecule has 0 aliphatic heterocycles. The Labute approximate surface area is 75.3 Å². The minimum Gasteiger partial charge on any atom is -0.246 e. The minimum atomic E-state index is -4.59. The molecule has 0 atom stereocenters. The first-order valence-corrected chi connectivity index (χ1v) is 3.42. The van der Waals surface area contributed by atoms with Crippen molar-refractivity contribution in [2.45, 2.75) is 6.18 Å². The molecule has 66 valence electrons. The molecule has 1 heterocycles. The Kier molecular flexibility index (Phi) is 2.44. The quantitative estimate of drug-likeness (QED) is 0.667. The number of alkyl halides is 3. The Bertz CT molecular complexity index is 299. The van der Waals surface area contributed by atoms with Crippen molar-refractivity contribution in [3.05, 3.63) is 22.2 Å². The molecule has 0 unspecified atom stereocenters. The maximum Gasteiger partial charge on any atom is 0.436 e. The summed E-state index contributed by atoms with van der Waals surface area (Å²) >= 11 is 10.4. The summed E-state index contributed by atoms with van der Waals surface area (Å²) in [4.78, 5) is 6.19. The summed E-state index contributed by atoms with van der Waals surface area (Å²) in [6.45, 7) is 0. The molecule has 0 spiro atoms. The van der Waals surface area contributed by atoms with E-state index in [1.807, 2.05) is 0 Å². The monoisotopic (exact) mass is 216 g/mol. The fraction of sp³-hybridized carbons (Fsp3) is 0.200. The Morgan fingerprint density at radius 1 is 1.25 bits per heavy atom. The first kappa shape index (κ1) is 9.54. The molecule has 1 rings (SSSR count). The van der Waals surface area contributed by atoms with E-state index in [4.69, 9.17) is 23.2 Å². The van der Waals surface area contributed by atoms with Crippen molar-refractivity contribution < 1.29 is 13.2 Å². The van der Waals surface area contributed by atoms with Gasteiger partial charge in [0, 0.05) is 0 Å². The summed E-state index contributed by atoms with van der Waals surface area (Å²) in [6.07, 6.45) is -3.80. The van der Waals surface area contributed by atoms with Gasteiger partial charge in [0.15, 0.2) is 10.8 Å². The lowest BCUT2D eigenvalue weighted by Crippen LogP contribution is -2.09. The molecule has 0 aliphatic carbocycles. The summed E-state index contributed by atoms with van der Waals surface area (Å²) < 4.78 is 35.9. The van der Waals surface area contributed by atoms with Gasteiger partial charge in [0.1, 0.15) is 5.15 Å². The van der Waals surface area contributed by atoms with Crippen LogP contribution in [-0.4, -0.2) is 9.97 Å². The normalized spacial score (nSPS) is 11.8. The van der Waals surface area contributed by atoms with Crippen molar-refractivity contribution in [2.75, 3.05) is 0 Å². The average molecular weight is 217 g/mol. The van der Waals surface area contributed by atoms with Crippen LogP contribution in [0.2, 0.25) is 10.3 Å². The van der Waals surface area contributed by atoms with Crippen molar-refractivity contribution in [3.8, 4) is 0 Å². The van der Waals surface area contributed by atoms with Gasteiger partial charge in [-0.3, -0.25) is 0 Å². The number of rotatable bonds is 0. The maximum absolute atomic E-state index is 12.0. The molecule has 1 aromatic heterocycles. The lowest BCUT2D eigenvalue weighted by molar-refractivity contribution is -0.141. The van der Waals surface area contributed by atoms with Crippen molar-refractivity contribution in [1.82, 2.24) is 9.97 Å². The predicted octanol–water partition coefficient (Wildman–Crippen LogP) is 2.80. The van der Waals surface area contributed by atoms with Crippen LogP contribution in [0.1, 0.15) is 5.69 Å². The fourth-order valence-corrected chi connectivity index (χ4v) is 0.960. The molecule has 0 fully saturated rings. The van der Waals surface area contributed by atoms with Gasteiger partial charge in [-0.15, -0.1) is 0 Å². The Morgan fingerprint density at radius 3 is 2.25 bits per heavy atom. The van der Waals surface area contributed by atoms with Crippen LogP contribution in [0.3, 0.4) is 0 Å². The second-order valence-corrected chi connectivity index (χ2v) is 2.58. The molecular weight excluding hydrogens is 216 g/mol. The van der Waals surface area contributed by atoms with Crippen LogP contribution in [0.4, 0.5) is 13.2 Å². The molecule has 0 saturated carbocycles. The SMILES string of the molecule is FC(F)(F)c1ncc(Cl)nc1Cl. The lowest BCUT2D eigenvalue weighted by atomic mass is 10.4. The Hall–Kier alpha value is -0.550. The second-order valence-electron chi connectivity index (χ2n) is 1.83. The summed E-state index contributed by atoms with van der Waals surface area (Å²) in [7, 11) is 0. The zero-order valence-electron chi connectivity index (χ0n) is 5.36. The van der Waals surface area contributed by atoms with Gasteiger partial charge in [-0.1, -0.05) is 23.2 Å². The maximum atomic E-state index is 12.0. The molecule has 0 saturated heterocycles. The molecule has 2 nitrogen and oxygen atoms in total. The van der Waals surface area contributed by atoms with Crippen LogP contribution < -0.4 is 0 Å². The highest BCUT2D eigenvalue weighted by Crippen LogP contribution is 2.31. The number of halogens is 5. The number of hydrogen-bond donors (Lipinski definition) is 0. The Balaban J connectivity index is 3.19. The van der Waals surface area contributed by atoms with E-state index in [1.165, 1.54) is 0 Å².